The third-order valence-corrected chi connectivity index (χ3v) is 4.46. The van der Waals surface area contributed by atoms with Gasteiger partial charge in [0, 0.05) is 6.42 Å². The van der Waals surface area contributed by atoms with Gasteiger partial charge in [0.05, 0.1) is 6.54 Å². The SMILES string of the molecule is CCNCC1CCN(Cc2nc(Cc3ccccc3)no2)CC1. The van der Waals surface area contributed by atoms with Crippen LogP contribution >= 0.6 is 0 Å². The normalized spacial score (nSPS) is 16.7. The molecule has 3 rings (SSSR count). The molecule has 0 bridgehead atoms. The van der Waals surface area contributed by atoms with E-state index in [0.29, 0.717) is 0 Å². The molecule has 0 spiro atoms. The lowest BCUT2D eigenvalue weighted by molar-refractivity contribution is 0.158. The van der Waals surface area contributed by atoms with Crippen LogP contribution in [-0.2, 0) is 13.0 Å². The van der Waals surface area contributed by atoms with Gasteiger partial charge in [-0.25, -0.2) is 0 Å². The second-order valence-corrected chi connectivity index (χ2v) is 6.29. The maximum atomic E-state index is 5.42. The Morgan fingerprint density at radius 3 is 2.74 bits per heavy atom. The molecule has 0 unspecified atom stereocenters. The van der Waals surface area contributed by atoms with Crippen LogP contribution in [0.2, 0.25) is 0 Å². The molecule has 1 aliphatic heterocycles. The second-order valence-electron chi connectivity index (χ2n) is 6.29. The molecule has 0 radical (unpaired) electrons. The predicted octanol–water partition coefficient (Wildman–Crippen LogP) is 2.48. The zero-order valence-electron chi connectivity index (χ0n) is 13.9. The van der Waals surface area contributed by atoms with E-state index in [1.165, 1.54) is 18.4 Å². The summed E-state index contributed by atoms with van der Waals surface area (Å²) in [5, 5.41) is 7.56. The molecule has 124 valence electrons. The number of hydrogen-bond donors (Lipinski definition) is 1. The van der Waals surface area contributed by atoms with Crippen LogP contribution in [0.1, 0.15) is 37.0 Å². The molecule has 1 fully saturated rings. The van der Waals surface area contributed by atoms with Crippen molar-refractivity contribution in [1.29, 1.82) is 0 Å². The first-order valence-electron chi connectivity index (χ1n) is 8.62. The molecule has 1 saturated heterocycles. The molecular formula is C18H26N4O. The van der Waals surface area contributed by atoms with Crippen LogP contribution in [-0.4, -0.2) is 41.2 Å². The van der Waals surface area contributed by atoms with Gasteiger partial charge in [-0.15, -0.1) is 0 Å². The minimum atomic E-state index is 0.731. The third-order valence-electron chi connectivity index (χ3n) is 4.46. The van der Waals surface area contributed by atoms with E-state index in [4.69, 9.17) is 4.52 Å². The van der Waals surface area contributed by atoms with E-state index in [2.05, 4.69) is 39.4 Å². The number of nitrogens with zero attached hydrogens (tertiary/aromatic N) is 3. The minimum absolute atomic E-state index is 0.731. The van der Waals surface area contributed by atoms with E-state index in [1.807, 2.05) is 18.2 Å². The van der Waals surface area contributed by atoms with E-state index in [1.54, 1.807) is 0 Å². The highest BCUT2D eigenvalue weighted by Crippen LogP contribution is 2.18. The van der Waals surface area contributed by atoms with Crippen molar-refractivity contribution >= 4 is 0 Å². The highest BCUT2D eigenvalue weighted by molar-refractivity contribution is 5.18. The number of aromatic nitrogens is 2. The fourth-order valence-electron chi connectivity index (χ4n) is 3.09. The van der Waals surface area contributed by atoms with Crippen LogP contribution < -0.4 is 5.32 Å². The van der Waals surface area contributed by atoms with Gasteiger partial charge in [-0.2, -0.15) is 4.98 Å². The van der Waals surface area contributed by atoms with E-state index >= 15 is 0 Å². The summed E-state index contributed by atoms with van der Waals surface area (Å²) in [6.07, 6.45) is 3.23. The van der Waals surface area contributed by atoms with Crippen molar-refractivity contribution in [2.45, 2.75) is 32.7 Å². The Morgan fingerprint density at radius 2 is 2.00 bits per heavy atom. The Balaban J connectivity index is 1.46. The Kier molecular flexibility index (Phi) is 5.77. The number of likely N-dealkylation sites (tertiary alicyclic amines) is 1. The number of rotatable bonds is 7. The second kappa shape index (κ2) is 8.22. The lowest BCUT2D eigenvalue weighted by atomic mass is 9.97. The molecule has 5 heteroatoms. The molecule has 1 aliphatic rings. The Labute approximate surface area is 138 Å². The fourth-order valence-corrected chi connectivity index (χ4v) is 3.09. The van der Waals surface area contributed by atoms with Crippen molar-refractivity contribution in [1.82, 2.24) is 20.4 Å². The lowest BCUT2D eigenvalue weighted by Gasteiger charge is -2.30. The van der Waals surface area contributed by atoms with E-state index < -0.39 is 0 Å². The standard InChI is InChI=1S/C18H26N4O/c1-2-19-13-16-8-10-22(11-9-16)14-18-20-17(21-23-18)12-15-6-4-3-5-7-15/h3-7,16,19H,2,8-14H2,1H3. The summed E-state index contributed by atoms with van der Waals surface area (Å²) < 4.78 is 5.42. The molecule has 23 heavy (non-hydrogen) atoms. The van der Waals surface area contributed by atoms with Crippen LogP contribution in [0.4, 0.5) is 0 Å². The van der Waals surface area contributed by atoms with Crippen molar-refractivity contribution in [2.24, 2.45) is 5.92 Å². The van der Waals surface area contributed by atoms with Crippen molar-refractivity contribution in [3.63, 3.8) is 0 Å². The van der Waals surface area contributed by atoms with Gasteiger partial charge >= 0.3 is 0 Å². The maximum absolute atomic E-state index is 5.42. The Hall–Kier alpha value is -1.72. The first-order valence-corrected chi connectivity index (χ1v) is 8.62. The van der Waals surface area contributed by atoms with Crippen molar-refractivity contribution in [2.75, 3.05) is 26.2 Å². The molecule has 1 aromatic heterocycles. The summed E-state index contributed by atoms with van der Waals surface area (Å²) in [5.41, 5.74) is 1.21. The smallest absolute Gasteiger partial charge is 0.240 e. The average Bonchev–Trinajstić information content (AvgIpc) is 3.02. The van der Waals surface area contributed by atoms with Crippen molar-refractivity contribution < 1.29 is 4.52 Å². The summed E-state index contributed by atoms with van der Waals surface area (Å²) in [7, 11) is 0. The number of benzene rings is 1. The molecule has 2 aromatic rings. The van der Waals surface area contributed by atoms with Gasteiger partial charge in [0.1, 0.15) is 0 Å². The summed E-state index contributed by atoms with van der Waals surface area (Å²) in [5.74, 6) is 2.32. The molecule has 0 atom stereocenters. The predicted molar refractivity (Wildman–Crippen MR) is 90.1 cm³/mol. The summed E-state index contributed by atoms with van der Waals surface area (Å²) in [6.45, 7) is 7.38. The average molecular weight is 314 g/mol. The topological polar surface area (TPSA) is 54.2 Å². The molecule has 1 aromatic carbocycles. The Morgan fingerprint density at radius 1 is 1.22 bits per heavy atom. The molecule has 1 N–H and O–H groups in total. The molecule has 0 saturated carbocycles. The van der Waals surface area contributed by atoms with Gasteiger partial charge in [-0.1, -0.05) is 42.4 Å². The van der Waals surface area contributed by atoms with Gasteiger partial charge in [-0.3, -0.25) is 4.90 Å². The molecule has 5 nitrogen and oxygen atoms in total. The largest absolute Gasteiger partial charge is 0.338 e. The minimum Gasteiger partial charge on any atom is -0.338 e. The highest BCUT2D eigenvalue weighted by atomic mass is 16.5. The van der Waals surface area contributed by atoms with Gasteiger partial charge in [0.25, 0.3) is 0 Å². The number of hydrogen-bond acceptors (Lipinski definition) is 5. The van der Waals surface area contributed by atoms with Crippen LogP contribution in [0.15, 0.2) is 34.9 Å². The first kappa shape index (κ1) is 16.1. The summed E-state index contributed by atoms with van der Waals surface area (Å²) in [4.78, 5) is 6.96. The van der Waals surface area contributed by atoms with E-state index in [-0.39, 0.29) is 0 Å². The van der Waals surface area contributed by atoms with Crippen LogP contribution in [0, 0.1) is 5.92 Å². The number of piperidine rings is 1. The maximum Gasteiger partial charge on any atom is 0.240 e. The molecule has 2 heterocycles. The van der Waals surface area contributed by atoms with Gasteiger partial charge in [0.2, 0.25) is 5.89 Å². The summed E-state index contributed by atoms with van der Waals surface area (Å²) in [6, 6.07) is 10.3. The van der Waals surface area contributed by atoms with Gasteiger partial charge in [0.15, 0.2) is 5.82 Å². The van der Waals surface area contributed by atoms with Gasteiger partial charge < -0.3 is 9.84 Å². The molecular weight excluding hydrogens is 288 g/mol. The zero-order valence-corrected chi connectivity index (χ0v) is 13.9. The van der Waals surface area contributed by atoms with Crippen LogP contribution in [0.3, 0.4) is 0 Å². The Bertz CT molecular complexity index is 576. The van der Waals surface area contributed by atoms with E-state index in [0.717, 1.165) is 56.8 Å². The highest BCUT2D eigenvalue weighted by Gasteiger charge is 2.20. The zero-order chi connectivity index (χ0) is 15.9. The van der Waals surface area contributed by atoms with Crippen molar-refractivity contribution in [3.8, 4) is 0 Å². The molecule has 0 aliphatic carbocycles. The fraction of sp³-hybridized carbons (Fsp3) is 0.556. The van der Waals surface area contributed by atoms with Gasteiger partial charge in [-0.05, 0) is 50.5 Å². The summed E-state index contributed by atoms with van der Waals surface area (Å²) >= 11 is 0. The van der Waals surface area contributed by atoms with Crippen LogP contribution in [0.25, 0.3) is 0 Å². The molecule has 0 amide bonds. The quantitative estimate of drug-likeness (QED) is 0.851. The number of nitrogens with one attached hydrogen (secondary N) is 1. The third kappa shape index (κ3) is 4.88. The monoisotopic (exact) mass is 314 g/mol. The lowest BCUT2D eigenvalue weighted by Crippen LogP contribution is -2.36. The van der Waals surface area contributed by atoms with Crippen LogP contribution in [0.5, 0.6) is 0 Å². The van der Waals surface area contributed by atoms with Crippen molar-refractivity contribution in [3.05, 3.63) is 47.6 Å². The van der Waals surface area contributed by atoms with E-state index in [9.17, 15) is 0 Å². The first-order chi connectivity index (χ1) is 11.3.